The summed E-state index contributed by atoms with van der Waals surface area (Å²) in [5.41, 5.74) is 2.05. The van der Waals surface area contributed by atoms with Gasteiger partial charge in [-0.15, -0.1) is 0 Å². The van der Waals surface area contributed by atoms with E-state index in [2.05, 4.69) is 27.1 Å². The molecule has 2 heterocycles. The van der Waals surface area contributed by atoms with Crippen molar-refractivity contribution < 1.29 is 33.4 Å². The Kier molecular flexibility index (Phi) is 5.24. The van der Waals surface area contributed by atoms with Crippen molar-refractivity contribution in [3.05, 3.63) is 36.5 Å². The summed E-state index contributed by atoms with van der Waals surface area (Å²) in [4.78, 5) is 6.83. The molecule has 3 rings (SSSR count). The van der Waals surface area contributed by atoms with Crippen LogP contribution >= 0.6 is 0 Å². The quantitative estimate of drug-likeness (QED) is 0.436. The Balaban J connectivity index is 0.00000147. The zero-order valence-electron chi connectivity index (χ0n) is 11.4. The molecule has 1 fully saturated rings. The van der Waals surface area contributed by atoms with Crippen LogP contribution in [0.15, 0.2) is 36.5 Å². The number of rotatable bonds is 2. The molecule has 1 aliphatic rings. The SMILES string of the molecule is C[n+]1cc(-c2ccccc2)nc(N2CCOCC2)n1.[I-]. The molecule has 0 unspecified atom stereocenters. The molecule has 6 heteroatoms. The lowest BCUT2D eigenvalue weighted by Crippen LogP contribution is -3.00. The smallest absolute Gasteiger partial charge is 0.291 e. The number of benzene rings is 1. The molecule has 0 atom stereocenters. The first kappa shape index (κ1) is 15.1. The highest BCUT2D eigenvalue weighted by atomic mass is 127. The van der Waals surface area contributed by atoms with Gasteiger partial charge in [0.05, 0.1) is 13.2 Å². The highest BCUT2D eigenvalue weighted by Gasteiger charge is 2.18. The number of anilines is 1. The van der Waals surface area contributed by atoms with Crippen molar-refractivity contribution in [3.8, 4) is 11.3 Å². The van der Waals surface area contributed by atoms with Gasteiger partial charge in [-0.3, -0.25) is 0 Å². The summed E-state index contributed by atoms with van der Waals surface area (Å²) in [6, 6.07) is 10.2. The van der Waals surface area contributed by atoms with E-state index in [4.69, 9.17) is 4.74 Å². The zero-order chi connectivity index (χ0) is 13.1. The third-order valence-electron chi connectivity index (χ3n) is 3.14. The fourth-order valence-electron chi connectivity index (χ4n) is 2.15. The van der Waals surface area contributed by atoms with Gasteiger partial charge in [-0.05, 0) is 0 Å². The van der Waals surface area contributed by atoms with E-state index in [1.54, 1.807) is 0 Å². The number of halogens is 1. The lowest BCUT2D eigenvalue weighted by molar-refractivity contribution is -0.729. The van der Waals surface area contributed by atoms with Crippen molar-refractivity contribution in [2.45, 2.75) is 0 Å². The minimum Gasteiger partial charge on any atom is -1.00 e. The fourth-order valence-corrected chi connectivity index (χ4v) is 2.15. The van der Waals surface area contributed by atoms with Gasteiger partial charge < -0.3 is 33.6 Å². The maximum absolute atomic E-state index is 5.36. The maximum atomic E-state index is 5.36. The monoisotopic (exact) mass is 384 g/mol. The van der Waals surface area contributed by atoms with Crippen LogP contribution in [-0.4, -0.2) is 36.4 Å². The molecule has 1 aromatic heterocycles. The Morgan fingerprint density at radius 1 is 1.15 bits per heavy atom. The van der Waals surface area contributed by atoms with Gasteiger partial charge in [0, 0.05) is 23.8 Å². The molecule has 1 aromatic carbocycles. The first-order valence-corrected chi connectivity index (χ1v) is 6.46. The summed E-state index contributed by atoms with van der Waals surface area (Å²) in [7, 11) is 1.93. The molecule has 106 valence electrons. The minimum absolute atomic E-state index is 0. The van der Waals surface area contributed by atoms with Gasteiger partial charge in [0.25, 0.3) is 5.95 Å². The zero-order valence-corrected chi connectivity index (χ0v) is 13.5. The molecule has 1 aliphatic heterocycles. The second-order valence-corrected chi connectivity index (χ2v) is 4.57. The largest absolute Gasteiger partial charge is 1.00 e. The van der Waals surface area contributed by atoms with Crippen LogP contribution in [0.25, 0.3) is 11.3 Å². The Labute approximate surface area is 135 Å². The van der Waals surface area contributed by atoms with E-state index in [9.17, 15) is 0 Å². The summed E-state index contributed by atoms with van der Waals surface area (Å²) in [5.74, 6) is 0.771. The van der Waals surface area contributed by atoms with E-state index in [1.165, 1.54) is 0 Å². The molecule has 0 spiro atoms. The summed E-state index contributed by atoms with van der Waals surface area (Å²) in [5, 5.41) is 4.46. The number of morpholine rings is 1. The van der Waals surface area contributed by atoms with Crippen LogP contribution in [0.3, 0.4) is 0 Å². The van der Waals surface area contributed by atoms with Crippen LogP contribution < -0.4 is 33.6 Å². The molecular weight excluding hydrogens is 367 g/mol. The van der Waals surface area contributed by atoms with Gasteiger partial charge in [0.1, 0.15) is 5.69 Å². The van der Waals surface area contributed by atoms with Gasteiger partial charge in [0.15, 0.2) is 7.05 Å². The number of aryl methyl sites for hydroxylation is 1. The number of nitrogens with zero attached hydrogens (tertiary/aromatic N) is 4. The maximum Gasteiger partial charge on any atom is 0.291 e. The topological polar surface area (TPSA) is 42.1 Å². The fraction of sp³-hybridized carbons (Fsp3) is 0.357. The number of aromatic nitrogens is 3. The highest BCUT2D eigenvalue weighted by Crippen LogP contribution is 2.17. The average Bonchev–Trinajstić information content (AvgIpc) is 2.48. The second-order valence-electron chi connectivity index (χ2n) is 4.57. The molecule has 0 N–H and O–H groups in total. The number of ether oxygens (including phenoxy) is 1. The third kappa shape index (κ3) is 3.43. The normalized spacial score (nSPS) is 14.8. The Morgan fingerprint density at radius 3 is 2.55 bits per heavy atom. The predicted molar refractivity (Wildman–Crippen MR) is 71.7 cm³/mol. The molecule has 0 bridgehead atoms. The van der Waals surface area contributed by atoms with Crippen LogP contribution in [0, 0.1) is 0 Å². The van der Waals surface area contributed by atoms with Gasteiger partial charge >= 0.3 is 0 Å². The molecule has 1 saturated heterocycles. The van der Waals surface area contributed by atoms with E-state index in [1.807, 2.05) is 36.1 Å². The van der Waals surface area contributed by atoms with Crippen molar-refractivity contribution in [2.24, 2.45) is 7.05 Å². The third-order valence-corrected chi connectivity index (χ3v) is 3.14. The molecular formula is C14H17IN4O. The molecule has 2 aromatic rings. The summed E-state index contributed by atoms with van der Waals surface area (Å²) in [6.45, 7) is 3.17. The lowest BCUT2D eigenvalue weighted by Gasteiger charge is -2.25. The van der Waals surface area contributed by atoms with Gasteiger partial charge in [-0.2, -0.15) is 0 Å². The van der Waals surface area contributed by atoms with Crippen LogP contribution in [-0.2, 0) is 11.8 Å². The standard InChI is InChI=1S/C14H17N4O.HI/c1-17-11-13(12-5-3-2-4-6-12)15-14(16-17)18-7-9-19-10-8-18;/h2-6,11H,7-10H2,1H3;1H/q+1;/p-1. The van der Waals surface area contributed by atoms with Crippen molar-refractivity contribution in [1.29, 1.82) is 0 Å². The molecule has 0 saturated carbocycles. The number of hydrogen-bond donors (Lipinski definition) is 0. The predicted octanol–water partition coefficient (Wildman–Crippen LogP) is -2.19. The van der Waals surface area contributed by atoms with Crippen molar-refractivity contribution in [2.75, 3.05) is 31.2 Å². The second kappa shape index (κ2) is 6.94. The van der Waals surface area contributed by atoms with Crippen molar-refractivity contribution in [3.63, 3.8) is 0 Å². The van der Waals surface area contributed by atoms with Crippen LogP contribution in [0.1, 0.15) is 0 Å². The van der Waals surface area contributed by atoms with Gasteiger partial charge in [-0.1, -0.05) is 35.0 Å². The molecule has 0 radical (unpaired) electrons. The molecule has 5 nitrogen and oxygen atoms in total. The van der Waals surface area contributed by atoms with E-state index in [-0.39, 0.29) is 24.0 Å². The average molecular weight is 384 g/mol. The summed E-state index contributed by atoms with van der Waals surface area (Å²) in [6.07, 6.45) is 1.94. The van der Waals surface area contributed by atoms with Gasteiger partial charge in [-0.25, -0.2) is 4.98 Å². The van der Waals surface area contributed by atoms with Gasteiger partial charge in [0.2, 0.25) is 6.20 Å². The summed E-state index contributed by atoms with van der Waals surface area (Å²) < 4.78 is 7.18. The van der Waals surface area contributed by atoms with Crippen molar-refractivity contribution in [1.82, 2.24) is 10.1 Å². The number of hydrogen-bond acceptors (Lipinski definition) is 4. The summed E-state index contributed by atoms with van der Waals surface area (Å²) >= 11 is 0. The first-order chi connectivity index (χ1) is 9.33. The Bertz CT molecular complexity index is 558. The Hall–Kier alpha value is -1.28. The lowest BCUT2D eigenvalue weighted by atomic mass is 10.2. The van der Waals surface area contributed by atoms with Crippen LogP contribution in [0.5, 0.6) is 0 Å². The molecule has 0 amide bonds. The van der Waals surface area contributed by atoms with Crippen LogP contribution in [0.2, 0.25) is 0 Å². The van der Waals surface area contributed by atoms with Crippen molar-refractivity contribution >= 4 is 5.95 Å². The van der Waals surface area contributed by atoms with E-state index in [0.717, 1.165) is 43.5 Å². The van der Waals surface area contributed by atoms with E-state index in [0.29, 0.717) is 0 Å². The molecule has 20 heavy (non-hydrogen) atoms. The van der Waals surface area contributed by atoms with Crippen LogP contribution in [0.4, 0.5) is 5.95 Å². The van der Waals surface area contributed by atoms with E-state index >= 15 is 0 Å². The minimum atomic E-state index is 0. The molecule has 0 aliphatic carbocycles. The van der Waals surface area contributed by atoms with E-state index < -0.39 is 0 Å². The first-order valence-electron chi connectivity index (χ1n) is 6.46. The highest BCUT2D eigenvalue weighted by molar-refractivity contribution is 5.58. The Morgan fingerprint density at radius 2 is 1.85 bits per heavy atom.